The van der Waals surface area contributed by atoms with Gasteiger partial charge in [-0.1, -0.05) is 6.07 Å². The monoisotopic (exact) mass is 234 g/mol. The molecule has 0 radical (unpaired) electrons. The molecule has 1 unspecified atom stereocenters. The first kappa shape index (κ1) is 12.2. The van der Waals surface area contributed by atoms with Crippen LogP contribution < -0.4 is 9.64 Å². The van der Waals surface area contributed by atoms with Gasteiger partial charge >= 0.3 is 0 Å². The van der Waals surface area contributed by atoms with Crippen LogP contribution in [-0.4, -0.2) is 45.2 Å². The van der Waals surface area contributed by atoms with Crippen molar-refractivity contribution in [2.24, 2.45) is 0 Å². The third-order valence-electron chi connectivity index (χ3n) is 3.65. The average Bonchev–Trinajstić information content (AvgIpc) is 2.79. The number of nitrogens with zero attached hydrogens (tertiary/aromatic N) is 2. The van der Waals surface area contributed by atoms with Gasteiger partial charge in [0.2, 0.25) is 0 Å². The van der Waals surface area contributed by atoms with Crippen molar-refractivity contribution in [3.63, 3.8) is 0 Å². The van der Waals surface area contributed by atoms with E-state index in [-0.39, 0.29) is 0 Å². The number of rotatable bonds is 3. The summed E-state index contributed by atoms with van der Waals surface area (Å²) >= 11 is 0. The number of ether oxygens (including phenoxy) is 1. The molecule has 1 aromatic rings. The highest BCUT2D eigenvalue weighted by Crippen LogP contribution is 2.29. The summed E-state index contributed by atoms with van der Waals surface area (Å²) in [5.74, 6) is 0.943. The molecule has 0 N–H and O–H groups in total. The molecule has 0 aromatic heterocycles. The third-order valence-corrected chi connectivity index (χ3v) is 3.65. The minimum atomic E-state index is 0.667. The van der Waals surface area contributed by atoms with Crippen LogP contribution in [0.3, 0.4) is 0 Å². The lowest BCUT2D eigenvalue weighted by atomic mass is 10.1. The van der Waals surface area contributed by atoms with Crippen LogP contribution in [0.5, 0.6) is 5.75 Å². The van der Waals surface area contributed by atoms with Gasteiger partial charge in [0.15, 0.2) is 0 Å². The van der Waals surface area contributed by atoms with Crippen LogP contribution in [0, 0.1) is 6.92 Å². The van der Waals surface area contributed by atoms with Crippen molar-refractivity contribution >= 4 is 5.69 Å². The van der Waals surface area contributed by atoms with E-state index in [1.807, 2.05) is 6.07 Å². The van der Waals surface area contributed by atoms with Crippen LogP contribution in [0.25, 0.3) is 0 Å². The van der Waals surface area contributed by atoms with Crippen LogP contribution in [-0.2, 0) is 0 Å². The molecule has 1 heterocycles. The minimum absolute atomic E-state index is 0.667. The minimum Gasteiger partial charge on any atom is -0.497 e. The van der Waals surface area contributed by atoms with Gasteiger partial charge in [-0.15, -0.1) is 0 Å². The summed E-state index contributed by atoms with van der Waals surface area (Å²) in [6, 6.07) is 6.98. The van der Waals surface area contributed by atoms with E-state index in [1.54, 1.807) is 7.11 Å². The Morgan fingerprint density at radius 2 is 2.12 bits per heavy atom. The first-order chi connectivity index (χ1) is 8.11. The number of hydrogen-bond donors (Lipinski definition) is 0. The van der Waals surface area contributed by atoms with Crippen molar-refractivity contribution in [1.82, 2.24) is 4.90 Å². The SMILES string of the molecule is COc1ccc(C)c(N2CCC(N(C)C)C2)c1. The van der Waals surface area contributed by atoms with E-state index in [0.29, 0.717) is 6.04 Å². The highest BCUT2D eigenvalue weighted by atomic mass is 16.5. The fraction of sp³-hybridized carbons (Fsp3) is 0.571. The van der Waals surface area contributed by atoms with E-state index in [0.717, 1.165) is 18.8 Å². The Kier molecular flexibility index (Phi) is 3.57. The van der Waals surface area contributed by atoms with Gasteiger partial charge in [0, 0.05) is 30.9 Å². The Morgan fingerprint density at radius 1 is 1.35 bits per heavy atom. The summed E-state index contributed by atoms with van der Waals surface area (Å²) in [6.07, 6.45) is 1.24. The van der Waals surface area contributed by atoms with Gasteiger partial charge in [0.05, 0.1) is 7.11 Å². The molecular formula is C14H22N2O. The Morgan fingerprint density at radius 3 is 2.71 bits per heavy atom. The zero-order valence-corrected chi connectivity index (χ0v) is 11.2. The van der Waals surface area contributed by atoms with Gasteiger partial charge in [-0.05, 0) is 39.1 Å². The quantitative estimate of drug-likeness (QED) is 0.797. The molecule has 3 nitrogen and oxygen atoms in total. The maximum absolute atomic E-state index is 5.31. The number of aryl methyl sites for hydroxylation is 1. The molecule has 1 aliphatic heterocycles. The Hall–Kier alpha value is -1.22. The lowest BCUT2D eigenvalue weighted by Crippen LogP contribution is -2.31. The summed E-state index contributed by atoms with van der Waals surface area (Å²) in [4.78, 5) is 4.78. The van der Waals surface area contributed by atoms with Gasteiger partial charge in [-0.25, -0.2) is 0 Å². The number of likely N-dealkylation sites (N-methyl/N-ethyl adjacent to an activating group) is 1. The molecule has 17 heavy (non-hydrogen) atoms. The molecular weight excluding hydrogens is 212 g/mol. The number of hydrogen-bond acceptors (Lipinski definition) is 3. The Balaban J connectivity index is 2.18. The van der Waals surface area contributed by atoms with Crippen molar-refractivity contribution in [2.75, 3.05) is 39.2 Å². The summed E-state index contributed by atoms with van der Waals surface area (Å²) in [5, 5.41) is 0. The van der Waals surface area contributed by atoms with Crippen LogP contribution in [0.1, 0.15) is 12.0 Å². The maximum Gasteiger partial charge on any atom is 0.120 e. The van der Waals surface area contributed by atoms with E-state index in [4.69, 9.17) is 4.74 Å². The second-order valence-electron chi connectivity index (χ2n) is 5.00. The number of benzene rings is 1. The van der Waals surface area contributed by atoms with E-state index in [1.165, 1.54) is 17.7 Å². The van der Waals surface area contributed by atoms with Crippen molar-refractivity contribution in [1.29, 1.82) is 0 Å². The standard InChI is InChI=1S/C14H22N2O/c1-11-5-6-13(17-4)9-14(11)16-8-7-12(10-16)15(2)3/h5-6,9,12H,7-8,10H2,1-4H3. The normalized spacial score (nSPS) is 20.1. The average molecular weight is 234 g/mol. The van der Waals surface area contributed by atoms with Gasteiger partial charge in [0.25, 0.3) is 0 Å². The van der Waals surface area contributed by atoms with Gasteiger partial charge in [-0.2, -0.15) is 0 Å². The van der Waals surface area contributed by atoms with E-state index < -0.39 is 0 Å². The molecule has 1 fully saturated rings. The Bertz CT molecular complexity index is 390. The summed E-state index contributed by atoms with van der Waals surface area (Å²) in [5.41, 5.74) is 2.64. The van der Waals surface area contributed by atoms with Crippen molar-refractivity contribution in [2.45, 2.75) is 19.4 Å². The summed E-state index contributed by atoms with van der Waals surface area (Å²) < 4.78 is 5.31. The molecule has 94 valence electrons. The molecule has 1 aromatic carbocycles. The second-order valence-corrected chi connectivity index (χ2v) is 5.00. The number of anilines is 1. The highest BCUT2D eigenvalue weighted by molar-refractivity contribution is 5.57. The first-order valence-corrected chi connectivity index (χ1v) is 6.18. The summed E-state index contributed by atoms with van der Waals surface area (Å²) in [7, 11) is 6.04. The van der Waals surface area contributed by atoms with Crippen molar-refractivity contribution in [3.8, 4) is 5.75 Å². The fourth-order valence-corrected chi connectivity index (χ4v) is 2.44. The van der Waals surface area contributed by atoms with Gasteiger partial charge in [0.1, 0.15) is 5.75 Å². The molecule has 3 heteroatoms. The molecule has 0 bridgehead atoms. The van der Waals surface area contributed by atoms with E-state index in [2.05, 4.69) is 43.0 Å². The zero-order valence-electron chi connectivity index (χ0n) is 11.2. The van der Waals surface area contributed by atoms with Gasteiger partial charge < -0.3 is 14.5 Å². The first-order valence-electron chi connectivity index (χ1n) is 6.18. The summed E-state index contributed by atoms with van der Waals surface area (Å²) in [6.45, 7) is 4.41. The Labute approximate surface area is 104 Å². The second kappa shape index (κ2) is 4.96. The zero-order chi connectivity index (χ0) is 12.4. The fourth-order valence-electron chi connectivity index (χ4n) is 2.44. The molecule has 1 saturated heterocycles. The maximum atomic E-state index is 5.31. The predicted molar refractivity (Wildman–Crippen MR) is 72.0 cm³/mol. The van der Waals surface area contributed by atoms with Gasteiger partial charge in [-0.3, -0.25) is 0 Å². The third kappa shape index (κ3) is 2.55. The molecule has 0 amide bonds. The molecule has 0 saturated carbocycles. The molecule has 1 atom stereocenters. The predicted octanol–water partition coefficient (Wildman–Crippen LogP) is 2.14. The molecule has 2 rings (SSSR count). The smallest absolute Gasteiger partial charge is 0.120 e. The van der Waals surface area contributed by atoms with Crippen LogP contribution in [0.2, 0.25) is 0 Å². The molecule has 0 aliphatic carbocycles. The largest absolute Gasteiger partial charge is 0.497 e. The lowest BCUT2D eigenvalue weighted by molar-refractivity contribution is 0.315. The number of methoxy groups -OCH3 is 1. The molecule has 0 spiro atoms. The van der Waals surface area contributed by atoms with Crippen LogP contribution in [0.15, 0.2) is 18.2 Å². The van der Waals surface area contributed by atoms with Crippen molar-refractivity contribution in [3.05, 3.63) is 23.8 Å². The molecule has 1 aliphatic rings. The van der Waals surface area contributed by atoms with E-state index >= 15 is 0 Å². The van der Waals surface area contributed by atoms with Crippen LogP contribution in [0.4, 0.5) is 5.69 Å². The highest BCUT2D eigenvalue weighted by Gasteiger charge is 2.25. The van der Waals surface area contributed by atoms with E-state index in [9.17, 15) is 0 Å². The topological polar surface area (TPSA) is 15.7 Å². The van der Waals surface area contributed by atoms with Crippen LogP contribution >= 0.6 is 0 Å². The van der Waals surface area contributed by atoms with Crippen molar-refractivity contribution < 1.29 is 4.74 Å². The lowest BCUT2D eigenvalue weighted by Gasteiger charge is -2.23.